The van der Waals surface area contributed by atoms with Crippen LogP contribution in [-0.4, -0.2) is 29.4 Å². The Bertz CT molecular complexity index is 816. The van der Waals surface area contributed by atoms with Gasteiger partial charge in [-0.25, -0.2) is 0 Å². The van der Waals surface area contributed by atoms with Crippen LogP contribution in [0.3, 0.4) is 0 Å². The molecule has 5 rings (SSSR count). The maximum absolute atomic E-state index is 12.7. The maximum Gasteiger partial charge on any atom is 0.233 e. The number of hydrogen-bond donors (Lipinski definition) is 0. The summed E-state index contributed by atoms with van der Waals surface area (Å²) in [4.78, 5) is 27.0. The topological polar surface area (TPSA) is 49.9 Å². The normalized spacial score (nSPS) is 28.3. The van der Waals surface area contributed by atoms with E-state index in [1.54, 1.807) is 0 Å². The Morgan fingerprint density at radius 3 is 1.82 bits per heavy atom. The zero-order chi connectivity index (χ0) is 19.1. The van der Waals surface area contributed by atoms with Gasteiger partial charge in [0.25, 0.3) is 0 Å². The van der Waals surface area contributed by atoms with Crippen LogP contribution in [0.2, 0.25) is 0 Å². The van der Waals surface area contributed by atoms with E-state index < -0.39 is 5.60 Å². The average Bonchev–Trinajstić information content (AvgIpc) is 3.45. The smallest absolute Gasteiger partial charge is 0.233 e. The van der Waals surface area contributed by atoms with E-state index in [4.69, 9.17) is 4.74 Å². The van der Waals surface area contributed by atoms with Crippen LogP contribution >= 0.6 is 0 Å². The number of carbonyl (C=O) groups is 2. The summed E-state index contributed by atoms with van der Waals surface area (Å²) in [6, 6.07) is 20.5. The van der Waals surface area contributed by atoms with Gasteiger partial charge in [0.05, 0.1) is 17.9 Å². The van der Waals surface area contributed by atoms with Crippen molar-refractivity contribution in [1.82, 2.24) is 4.90 Å². The highest BCUT2D eigenvalue weighted by atomic mass is 16.6. The lowest BCUT2D eigenvalue weighted by molar-refractivity contribution is -0.140. The fourth-order valence-corrected chi connectivity index (χ4v) is 5.20. The third-order valence-electron chi connectivity index (χ3n) is 6.68. The van der Waals surface area contributed by atoms with Crippen LogP contribution in [-0.2, 0) is 19.9 Å². The highest BCUT2D eigenvalue weighted by Crippen LogP contribution is 2.53. The minimum absolute atomic E-state index is 0.0273. The summed E-state index contributed by atoms with van der Waals surface area (Å²) in [6.45, 7) is 0.455. The van der Waals surface area contributed by atoms with Gasteiger partial charge in [-0.1, -0.05) is 73.5 Å². The molecule has 2 aromatic carbocycles. The van der Waals surface area contributed by atoms with E-state index in [0.29, 0.717) is 13.0 Å². The van der Waals surface area contributed by atoms with Gasteiger partial charge < -0.3 is 4.74 Å². The number of epoxide rings is 1. The number of carbonyl (C=O) groups excluding carboxylic acids is 2. The highest BCUT2D eigenvalue weighted by molar-refractivity contribution is 6.05. The van der Waals surface area contributed by atoms with Gasteiger partial charge in [-0.15, -0.1) is 0 Å². The average molecular weight is 375 g/mol. The van der Waals surface area contributed by atoms with Crippen molar-refractivity contribution in [2.24, 2.45) is 11.8 Å². The van der Waals surface area contributed by atoms with E-state index in [0.717, 1.165) is 36.8 Å². The van der Waals surface area contributed by atoms with Crippen LogP contribution in [0.4, 0.5) is 0 Å². The molecule has 4 nitrogen and oxygen atoms in total. The summed E-state index contributed by atoms with van der Waals surface area (Å²) in [5.74, 6) is -0.0653. The fourth-order valence-electron chi connectivity index (χ4n) is 5.20. The Balaban J connectivity index is 1.35. The van der Waals surface area contributed by atoms with E-state index in [2.05, 4.69) is 24.3 Å². The van der Waals surface area contributed by atoms with Gasteiger partial charge in [-0.2, -0.15) is 0 Å². The van der Waals surface area contributed by atoms with Gasteiger partial charge in [0, 0.05) is 6.54 Å². The van der Waals surface area contributed by atoms with Crippen LogP contribution in [0, 0.1) is 11.8 Å². The molecule has 4 heteroatoms. The maximum atomic E-state index is 12.7. The second-order valence-electron chi connectivity index (χ2n) is 8.19. The van der Waals surface area contributed by atoms with Crippen molar-refractivity contribution in [3.8, 4) is 0 Å². The number of benzene rings is 2. The van der Waals surface area contributed by atoms with Crippen molar-refractivity contribution in [3.63, 3.8) is 0 Å². The summed E-state index contributed by atoms with van der Waals surface area (Å²) in [6.07, 6.45) is 4.49. The molecule has 28 heavy (non-hydrogen) atoms. The van der Waals surface area contributed by atoms with E-state index in [1.807, 2.05) is 36.4 Å². The zero-order valence-corrected chi connectivity index (χ0v) is 15.9. The van der Waals surface area contributed by atoms with Crippen LogP contribution in [0.15, 0.2) is 60.7 Å². The Morgan fingerprint density at radius 1 is 0.821 bits per heavy atom. The van der Waals surface area contributed by atoms with Crippen LogP contribution in [0.5, 0.6) is 0 Å². The predicted molar refractivity (Wildman–Crippen MR) is 105 cm³/mol. The highest BCUT2D eigenvalue weighted by Gasteiger charge is 2.59. The second-order valence-corrected chi connectivity index (χ2v) is 8.19. The third-order valence-corrected chi connectivity index (χ3v) is 6.68. The molecule has 2 heterocycles. The number of fused-ring (bicyclic) bond motifs is 1. The first-order valence-electron chi connectivity index (χ1n) is 10.4. The summed E-state index contributed by atoms with van der Waals surface area (Å²) in [7, 11) is 0. The zero-order valence-electron chi connectivity index (χ0n) is 15.9. The molecular weight excluding hydrogens is 350 g/mol. The first-order chi connectivity index (χ1) is 13.7. The van der Waals surface area contributed by atoms with Crippen molar-refractivity contribution in [2.45, 2.75) is 43.8 Å². The summed E-state index contributed by atoms with van der Waals surface area (Å²) in [5, 5.41) is 0. The molecule has 2 saturated heterocycles. The van der Waals surface area contributed by atoms with Crippen molar-refractivity contribution in [1.29, 1.82) is 0 Å². The minimum atomic E-state index is -0.471. The lowest BCUT2D eigenvalue weighted by atomic mass is 9.81. The monoisotopic (exact) mass is 375 g/mol. The Kier molecular flexibility index (Phi) is 4.31. The van der Waals surface area contributed by atoms with Gasteiger partial charge in [0.15, 0.2) is 0 Å². The number of ether oxygens (including phenoxy) is 1. The van der Waals surface area contributed by atoms with Gasteiger partial charge in [-0.05, 0) is 30.4 Å². The van der Waals surface area contributed by atoms with E-state index in [-0.39, 0.29) is 29.8 Å². The number of imide groups is 1. The Hall–Kier alpha value is -2.46. The molecule has 1 aliphatic carbocycles. The molecule has 0 bridgehead atoms. The predicted octanol–water partition coefficient (Wildman–Crippen LogP) is 3.89. The minimum Gasteiger partial charge on any atom is -0.356 e. The van der Waals surface area contributed by atoms with Crippen LogP contribution in [0.1, 0.15) is 43.2 Å². The summed E-state index contributed by atoms with van der Waals surface area (Å²) in [5.41, 5.74) is 1.78. The second kappa shape index (κ2) is 6.85. The summed E-state index contributed by atoms with van der Waals surface area (Å²) < 4.78 is 6.28. The molecule has 3 atom stereocenters. The molecule has 3 fully saturated rings. The molecule has 0 radical (unpaired) electrons. The Morgan fingerprint density at radius 2 is 1.32 bits per heavy atom. The largest absolute Gasteiger partial charge is 0.356 e. The molecule has 2 amide bonds. The van der Waals surface area contributed by atoms with E-state index >= 15 is 0 Å². The van der Waals surface area contributed by atoms with E-state index in [1.165, 1.54) is 4.90 Å². The summed E-state index contributed by atoms with van der Waals surface area (Å²) >= 11 is 0. The van der Waals surface area contributed by atoms with Gasteiger partial charge in [0.2, 0.25) is 11.8 Å². The number of amides is 2. The molecule has 3 aliphatic rings. The third kappa shape index (κ3) is 2.70. The molecule has 1 saturated carbocycles. The molecule has 2 aliphatic heterocycles. The van der Waals surface area contributed by atoms with Crippen molar-refractivity contribution < 1.29 is 14.3 Å². The van der Waals surface area contributed by atoms with E-state index in [9.17, 15) is 9.59 Å². The first kappa shape index (κ1) is 17.6. The molecule has 2 aromatic rings. The van der Waals surface area contributed by atoms with Gasteiger partial charge >= 0.3 is 0 Å². The number of rotatable bonds is 5. The fraction of sp³-hybridized carbons (Fsp3) is 0.417. The molecular formula is C24H25NO3. The van der Waals surface area contributed by atoms with Crippen LogP contribution < -0.4 is 0 Å². The van der Waals surface area contributed by atoms with Crippen LogP contribution in [0.25, 0.3) is 0 Å². The molecule has 3 unspecified atom stereocenters. The Labute approximate surface area is 165 Å². The number of hydrogen-bond acceptors (Lipinski definition) is 3. The quantitative estimate of drug-likeness (QED) is 0.588. The van der Waals surface area contributed by atoms with Gasteiger partial charge in [0.1, 0.15) is 5.60 Å². The lowest BCUT2D eigenvalue weighted by Gasteiger charge is -2.19. The lowest BCUT2D eigenvalue weighted by Crippen LogP contribution is -2.33. The first-order valence-corrected chi connectivity index (χ1v) is 10.4. The SMILES string of the molecule is O=C1C2CCCCC2C(=O)N1CCC1OC1(c1ccccc1)c1ccccc1. The van der Waals surface area contributed by atoms with Crippen molar-refractivity contribution >= 4 is 11.8 Å². The molecule has 144 valence electrons. The number of likely N-dealkylation sites (tertiary alicyclic amines) is 1. The molecule has 0 N–H and O–H groups in total. The van der Waals surface area contributed by atoms with Crippen molar-refractivity contribution in [2.75, 3.05) is 6.54 Å². The van der Waals surface area contributed by atoms with Crippen molar-refractivity contribution in [3.05, 3.63) is 71.8 Å². The number of nitrogens with zero attached hydrogens (tertiary/aromatic N) is 1. The molecule has 0 aromatic heterocycles. The molecule has 0 spiro atoms. The van der Waals surface area contributed by atoms with Gasteiger partial charge in [-0.3, -0.25) is 14.5 Å². The standard InChI is InChI=1S/C24H25NO3/c26-22-19-13-7-8-14-20(19)23(27)25(22)16-15-21-24(28-21,17-9-3-1-4-10-17)18-11-5-2-6-12-18/h1-6,9-12,19-21H,7-8,13-16H2.